The summed E-state index contributed by atoms with van der Waals surface area (Å²) in [6, 6.07) is 12.9. The van der Waals surface area contributed by atoms with Crippen LogP contribution in [0, 0.1) is 36.5 Å². The molecule has 0 radical (unpaired) electrons. The fraction of sp³-hybridized carbons (Fsp3) is 0.515. The van der Waals surface area contributed by atoms with Gasteiger partial charge in [0.15, 0.2) is 5.69 Å². The van der Waals surface area contributed by atoms with Gasteiger partial charge in [0.2, 0.25) is 0 Å². The number of piperazine rings is 1. The highest BCUT2D eigenvalue weighted by molar-refractivity contribution is 6.35. The maximum atomic E-state index is 13.9. The topological polar surface area (TPSA) is 41.4 Å². The molecule has 4 bridgehead atoms. The summed E-state index contributed by atoms with van der Waals surface area (Å²) in [5, 5.41) is 6.53. The number of amides is 1. The van der Waals surface area contributed by atoms with Crippen LogP contribution in [0.2, 0.25) is 15.1 Å². The van der Waals surface area contributed by atoms with Gasteiger partial charge in [-0.15, -0.1) is 0 Å². The predicted octanol–water partition coefficient (Wildman–Crippen LogP) is 8.03. The minimum absolute atomic E-state index is 0.0257. The summed E-state index contributed by atoms with van der Waals surface area (Å²) in [6.07, 6.45) is 8.81. The number of halogens is 3. The van der Waals surface area contributed by atoms with E-state index in [-0.39, 0.29) is 5.91 Å². The lowest BCUT2D eigenvalue weighted by Crippen LogP contribution is -2.50. The van der Waals surface area contributed by atoms with Crippen LogP contribution in [-0.4, -0.2) is 58.2 Å². The number of nitrogens with zero attached hydrogens (tertiary/aromatic N) is 4. The minimum atomic E-state index is -0.0257. The number of hydrogen-bond acceptors (Lipinski definition) is 3. The van der Waals surface area contributed by atoms with Gasteiger partial charge in [-0.25, -0.2) is 4.68 Å². The molecule has 1 amide bonds. The quantitative estimate of drug-likeness (QED) is 0.283. The lowest BCUT2D eigenvalue weighted by atomic mass is 9.51. The third kappa shape index (κ3) is 5.33. The lowest BCUT2D eigenvalue weighted by Gasteiger charge is -2.55. The van der Waals surface area contributed by atoms with Crippen molar-refractivity contribution < 1.29 is 4.79 Å². The van der Waals surface area contributed by atoms with Gasteiger partial charge in [0.05, 0.1) is 16.4 Å². The molecule has 0 spiro atoms. The maximum Gasteiger partial charge on any atom is 0.274 e. The van der Waals surface area contributed by atoms with Crippen molar-refractivity contribution in [3.8, 4) is 16.9 Å². The zero-order valence-corrected chi connectivity index (χ0v) is 25.8. The molecule has 1 aromatic heterocycles. The predicted molar refractivity (Wildman–Crippen MR) is 166 cm³/mol. The van der Waals surface area contributed by atoms with E-state index in [2.05, 4.69) is 4.90 Å². The van der Waals surface area contributed by atoms with E-state index in [1.807, 2.05) is 42.2 Å². The molecule has 2 aromatic carbocycles. The van der Waals surface area contributed by atoms with E-state index in [0.717, 1.165) is 72.6 Å². The van der Waals surface area contributed by atoms with E-state index in [0.29, 0.717) is 26.4 Å². The summed E-state index contributed by atoms with van der Waals surface area (Å²) in [7, 11) is 0. The van der Waals surface area contributed by atoms with Crippen molar-refractivity contribution in [2.45, 2.75) is 45.4 Å². The molecule has 1 saturated heterocycles. The monoisotopic (exact) mass is 610 g/mol. The first kappa shape index (κ1) is 27.8. The lowest BCUT2D eigenvalue weighted by molar-refractivity contribution is -0.0434. The smallest absolute Gasteiger partial charge is 0.274 e. The normalized spacial score (nSPS) is 27.5. The Kier molecular flexibility index (Phi) is 7.60. The number of hydrogen-bond donors (Lipinski definition) is 0. The van der Waals surface area contributed by atoms with Crippen LogP contribution in [0.25, 0.3) is 16.9 Å². The second kappa shape index (κ2) is 11.2. The summed E-state index contributed by atoms with van der Waals surface area (Å²) in [6.45, 7) is 6.43. The van der Waals surface area contributed by atoms with Crippen LogP contribution in [0.4, 0.5) is 0 Å². The molecule has 41 heavy (non-hydrogen) atoms. The first-order valence-corrected chi connectivity index (χ1v) is 16.3. The molecule has 0 atom stereocenters. The highest BCUT2D eigenvalue weighted by Crippen LogP contribution is 2.57. The Balaban J connectivity index is 1.06. The molecule has 5 fully saturated rings. The van der Waals surface area contributed by atoms with Gasteiger partial charge in [-0.05, 0) is 112 Å². The standard InChI is InChI=1S/C33H37Cl3N4O/c1-20-31(37-40(30-7-6-27(35)19-29(30)36)32(20)23-2-4-26(34)5-3-23)33(41)39-12-10-38(11-13-39)9-8-28-24-15-21-14-22(17-24)18-25(28)16-21/h2-7,19,21-22,24-25,28H,8-18H2,1H3. The Labute approximate surface area is 257 Å². The molecule has 0 N–H and O–H groups in total. The van der Waals surface area contributed by atoms with Gasteiger partial charge in [-0.3, -0.25) is 9.69 Å². The first-order chi connectivity index (χ1) is 19.8. The Morgan fingerprint density at radius 2 is 1.49 bits per heavy atom. The highest BCUT2D eigenvalue weighted by atomic mass is 35.5. The van der Waals surface area contributed by atoms with Crippen LogP contribution < -0.4 is 0 Å². The van der Waals surface area contributed by atoms with E-state index < -0.39 is 0 Å². The van der Waals surface area contributed by atoms with E-state index >= 15 is 0 Å². The Bertz CT molecular complexity index is 1420. The first-order valence-electron chi connectivity index (χ1n) is 15.2. The van der Waals surface area contributed by atoms with Crippen LogP contribution in [0.1, 0.15) is 54.6 Å². The van der Waals surface area contributed by atoms with Gasteiger partial charge in [0.25, 0.3) is 5.91 Å². The van der Waals surface area contributed by atoms with Crippen LogP contribution in [0.5, 0.6) is 0 Å². The average molecular weight is 612 g/mol. The summed E-state index contributed by atoms with van der Waals surface area (Å²) >= 11 is 19.0. The van der Waals surface area contributed by atoms with Crippen LogP contribution in [0.3, 0.4) is 0 Å². The van der Waals surface area contributed by atoms with Crippen molar-refractivity contribution in [2.75, 3.05) is 32.7 Å². The summed E-state index contributed by atoms with van der Waals surface area (Å²) in [5.41, 5.74) is 3.70. The van der Waals surface area contributed by atoms with Crippen molar-refractivity contribution in [2.24, 2.45) is 29.6 Å². The van der Waals surface area contributed by atoms with Gasteiger partial charge in [0, 0.05) is 47.4 Å². The second-order valence-corrected chi connectivity index (χ2v) is 14.1. The van der Waals surface area contributed by atoms with Gasteiger partial charge in [0.1, 0.15) is 0 Å². The molecule has 4 saturated carbocycles. The zero-order chi connectivity index (χ0) is 28.2. The van der Waals surface area contributed by atoms with E-state index in [9.17, 15) is 4.79 Å². The van der Waals surface area contributed by atoms with Gasteiger partial charge < -0.3 is 4.90 Å². The number of aromatic nitrogens is 2. The highest BCUT2D eigenvalue weighted by Gasteiger charge is 2.47. The van der Waals surface area contributed by atoms with Crippen molar-refractivity contribution in [1.29, 1.82) is 0 Å². The summed E-state index contributed by atoms with van der Waals surface area (Å²) < 4.78 is 1.77. The fourth-order valence-corrected chi connectivity index (χ4v) is 9.25. The fourth-order valence-electron chi connectivity index (χ4n) is 8.64. The van der Waals surface area contributed by atoms with E-state index in [1.165, 1.54) is 45.1 Å². The van der Waals surface area contributed by atoms with Crippen molar-refractivity contribution >= 4 is 40.7 Å². The molecule has 4 aliphatic carbocycles. The Morgan fingerprint density at radius 3 is 2.12 bits per heavy atom. The maximum absolute atomic E-state index is 13.9. The van der Waals surface area contributed by atoms with Gasteiger partial charge in [-0.2, -0.15) is 5.10 Å². The molecule has 8 rings (SSSR count). The molecule has 1 aliphatic heterocycles. The molecule has 5 nitrogen and oxygen atoms in total. The molecule has 216 valence electrons. The number of carbonyl (C=O) groups excluding carboxylic acids is 1. The number of benzene rings is 2. The minimum Gasteiger partial charge on any atom is -0.335 e. The second-order valence-electron chi connectivity index (χ2n) is 12.9. The van der Waals surface area contributed by atoms with Crippen LogP contribution >= 0.6 is 34.8 Å². The van der Waals surface area contributed by atoms with Gasteiger partial charge >= 0.3 is 0 Å². The van der Waals surface area contributed by atoms with Crippen molar-refractivity contribution in [3.63, 3.8) is 0 Å². The number of carbonyl (C=O) groups is 1. The third-order valence-corrected chi connectivity index (χ3v) is 11.2. The Hall–Kier alpha value is -2.05. The Morgan fingerprint density at radius 1 is 0.854 bits per heavy atom. The largest absolute Gasteiger partial charge is 0.335 e. The SMILES string of the molecule is Cc1c(C(=O)N2CCN(CCC3C4CC5CC(C4)CC3C5)CC2)nn(-c2ccc(Cl)cc2Cl)c1-c1ccc(Cl)cc1. The average Bonchev–Trinajstić information content (AvgIpc) is 3.29. The van der Waals surface area contributed by atoms with E-state index in [4.69, 9.17) is 39.9 Å². The van der Waals surface area contributed by atoms with Gasteiger partial charge in [-0.1, -0.05) is 46.9 Å². The summed E-state index contributed by atoms with van der Waals surface area (Å²) in [5.74, 6) is 4.94. The molecule has 5 aliphatic rings. The number of rotatable bonds is 6. The summed E-state index contributed by atoms with van der Waals surface area (Å²) in [4.78, 5) is 18.4. The van der Waals surface area contributed by atoms with Crippen LogP contribution in [0.15, 0.2) is 42.5 Å². The molecule has 3 aromatic rings. The molecular formula is C33H37Cl3N4O. The van der Waals surface area contributed by atoms with E-state index in [1.54, 1.807) is 16.8 Å². The molecule has 2 heterocycles. The van der Waals surface area contributed by atoms with Crippen molar-refractivity contribution in [3.05, 3.63) is 68.8 Å². The zero-order valence-electron chi connectivity index (χ0n) is 23.5. The molecule has 0 unspecified atom stereocenters. The molecule has 8 heteroatoms. The molecular weight excluding hydrogens is 575 g/mol. The van der Waals surface area contributed by atoms with Crippen molar-refractivity contribution in [1.82, 2.24) is 19.6 Å². The van der Waals surface area contributed by atoms with Crippen LogP contribution in [-0.2, 0) is 0 Å². The third-order valence-electron chi connectivity index (χ3n) is 10.4.